The van der Waals surface area contributed by atoms with Crippen LogP contribution in [0.5, 0.6) is 0 Å². The van der Waals surface area contributed by atoms with Gasteiger partial charge in [-0.1, -0.05) is 11.8 Å². The molecule has 1 aromatic rings. The van der Waals surface area contributed by atoms with Crippen molar-refractivity contribution in [2.24, 2.45) is 0 Å². The molecule has 1 saturated heterocycles. The number of nitrogens with zero attached hydrogens (tertiary/aromatic N) is 2. The number of aliphatic hydroxyl groups is 1. The molecule has 2 unspecified atom stereocenters. The van der Waals surface area contributed by atoms with Crippen LogP contribution in [-0.2, 0) is 0 Å². The van der Waals surface area contributed by atoms with E-state index in [1.165, 1.54) is 0 Å². The van der Waals surface area contributed by atoms with Crippen LogP contribution in [0.25, 0.3) is 0 Å². The lowest BCUT2D eigenvalue weighted by atomic mass is 10.1. The molecule has 4 nitrogen and oxygen atoms in total. The van der Waals surface area contributed by atoms with Crippen molar-refractivity contribution in [2.75, 3.05) is 26.7 Å². The second-order valence-electron chi connectivity index (χ2n) is 5.61. The first-order chi connectivity index (χ1) is 10.0. The standard InChI is InChI=1S/C17H22N2O2/c1-13-11-19(12-14(2)18(13)3)17(21)16-8-6-15(7-9-16)5-4-10-20/h6-9,13-14,20H,10-12H2,1-3H3. The van der Waals surface area contributed by atoms with Gasteiger partial charge in [0, 0.05) is 36.3 Å². The largest absolute Gasteiger partial charge is 0.384 e. The average molecular weight is 286 g/mol. The van der Waals surface area contributed by atoms with Crippen LogP contribution in [0.1, 0.15) is 29.8 Å². The van der Waals surface area contributed by atoms with Crippen LogP contribution in [0.4, 0.5) is 0 Å². The van der Waals surface area contributed by atoms with Crippen LogP contribution in [0.15, 0.2) is 24.3 Å². The van der Waals surface area contributed by atoms with Crippen LogP contribution >= 0.6 is 0 Å². The van der Waals surface area contributed by atoms with Gasteiger partial charge in [0.05, 0.1) is 0 Å². The fraction of sp³-hybridized carbons (Fsp3) is 0.471. The van der Waals surface area contributed by atoms with E-state index in [2.05, 4.69) is 37.6 Å². The van der Waals surface area contributed by atoms with E-state index in [9.17, 15) is 4.79 Å². The van der Waals surface area contributed by atoms with Crippen molar-refractivity contribution < 1.29 is 9.90 Å². The zero-order valence-corrected chi connectivity index (χ0v) is 12.8. The summed E-state index contributed by atoms with van der Waals surface area (Å²) in [6.45, 7) is 5.64. The highest BCUT2D eigenvalue weighted by atomic mass is 16.2. The number of hydrogen-bond donors (Lipinski definition) is 1. The van der Waals surface area contributed by atoms with Crippen LogP contribution < -0.4 is 0 Å². The summed E-state index contributed by atoms with van der Waals surface area (Å²) in [7, 11) is 2.10. The smallest absolute Gasteiger partial charge is 0.253 e. The molecule has 1 heterocycles. The van der Waals surface area contributed by atoms with E-state index < -0.39 is 0 Å². The van der Waals surface area contributed by atoms with Gasteiger partial charge in [0.15, 0.2) is 0 Å². The lowest BCUT2D eigenvalue weighted by molar-refractivity contribution is 0.0414. The van der Waals surface area contributed by atoms with Crippen LogP contribution in [-0.4, -0.2) is 59.6 Å². The highest BCUT2D eigenvalue weighted by Crippen LogP contribution is 2.16. The molecule has 0 radical (unpaired) electrons. The topological polar surface area (TPSA) is 43.8 Å². The van der Waals surface area contributed by atoms with Crippen molar-refractivity contribution in [1.29, 1.82) is 0 Å². The number of aliphatic hydroxyl groups excluding tert-OH is 1. The molecule has 4 heteroatoms. The lowest BCUT2D eigenvalue weighted by Gasteiger charge is -2.42. The third-order valence-corrected chi connectivity index (χ3v) is 4.09. The van der Waals surface area contributed by atoms with E-state index in [0.29, 0.717) is 17.6 Å². The van der Waals surface area contributed by atoms with E-state index >= 15 is 0 Å². The summed E-state index contributed by atoms with van der Waals surface area (Å²) in [6.07, 6.45) is 0. The molecule has 1 aliphatic rings. The van der Waals surface area contributed by atoms with E-state index in [4.69, 9.17) is 5.11 Å². The number of carbonyl (C=O) groups excluding carboxylic acids is 1. The fourth-order valence-corrected chi connectivity index (χ4v) is 2.59. The molecule has 21 heavy (non-hydrogen) atoms. The molecule has 1 amide bonds. The minimum atomic E-state index is -0.155. The number of piperazine rings is 1. The maximum atomic E-state index is 12.6. The van der Waals surface area contributed by atoms with Crippen molar-refractivity contribution >= 4 is 5.91 Å². The van der Waals surface area contributed by atoms with Gasteiger partial charge in [0.25, 0.3) is 5.91 Å². The number of hydrogen-bond acceptors (Lipinski definition) is 3. The number of benzene rings is 1. The van der Waals surface area contributed by atoms with Crippen LogP contribution in [0.3, 0.4) is 0 Å². The van der Waals surface area contributed by atoms with Crippen molar-refractivity contribution in [3.63, 3.8) is 0 Å². The Morgan fingerprint density at radius 3 is 2.33 bits per heavy atom. The third kappa shape index (κ3) is 3.63. The van der Waals surface area contributed by atoms with Gasteiger partial charge in [-0.3, -0.25) is 9.69 Å². The van der Waals surface area contributed by atoms with Gasteiger partial charge in [-0.05, 0) is 45.2 Å². The molecule has 0 aliphatic carbocycles. The Kier molecular flexibility index (Phi) is 5.00. The number of rotatable bonds is 1. The second-order valence-corrected chi connectivity index (χ2v) is 5.61. The van der Waals surface area contributed by atoms with E-state index in [-0.39, 0.29) is 12.5 Å². The Morgan fingerprint density at radius 2 is 1.81 bits per heavy atom. The minimum Gasteiger partial charge on any atom is -0.384 e. The van der Waals surface area contributed by atoms with Gasteiger partial charge < -0.3 is 10.0 Å². The van der Waals surface area contributed by atoms with Gasteiger partial charge in [0.1, 0.15) is 6.61 Å². The van der Waals surface area contributed by atoms with Crippen molar-refractivity contribution in [3.05, 3.63) is 35.4 Å². The second kappa shape index (κ2) is 6.75. The van der Waals surface area contributed by atoms with Crippen LogP contribution in [0.2, 0.25) is 0 Å². The van der Waals surface area contributed by atoms with Gasteiger partial charge in [0.2, 0.25) is 0 Å². The minimum absolute atomic E-state index is 0.0727. The van der Waals surface area contributed by atoms with E-state index in [1.807, 2.05) is 17.0 Å². The zero-order valence-electron chi connectivity index (χ0n) is 12.8. The molecule has 1 N–H and O–H groups in total. The summed E-state index contributed by atoms with van der Waals surface area (Å²) in [5, 5.41) is 8.67. The Bertz CT molecular complexity index is 544. The average Bonchev–Trinajstić information content (AvgIpc) is 2.50. The van der Waals surface area contributed by atoms with E-state index in [1.54, 1.807) is 12.1 Å². The predicted octanol–water partition coefficient (Wildman–Crippen LogP) is 1.20. The number of carbonyl (C=O) groups is 1. The summed E-state index contributed by atoms with van der Waals surface area (Å²) in [4.78, 5) is 16.8. The fourth-order valence-electron chi connectivity index (χ4n) is 2.59. The van der Waals surface area contributed by atoms with Gasteiger partial charge in [-0.2, -0.15) is 0 Å². The Hall–Kier alpha value is -1.83. The highest BCUT2D eigenvalue weighted by Gasteiger charge is 2.29. The SMILES string of the molecule is CC1CN(C(=O)c2ccc(C#CCO)cc2)CC(C)N1C. The molecule has 2 rings (SSSR count). The maximum Gasteiger partial charge on any atom is 0.253 e. The summed E-state index contributed by atoms with van der Waals surface area (Å²) >= 11 is 0. The molecule has 1 aliphatic heterocycles. The highest BCUT2D eigenvalue weighted by molar-refractivity contribution is 5.94. The first-order valence-corrected chi connectivity index (χ1v) is 7.24. The number of amides is 1. The van der Waals surface area contributed by atoms with Crippen molar-refractivity contribution in [2.45, 2.75) is 25.9 Å². The molecule has 0 spiro atoms. The van der Waals surface area contributed by atoms with Gasteiger partial charge >= 0.3 is 0 Å². The molecular formula is C17H22N2O2. The van der Waals surface area contributed by atoms with Gasteiger partial charge in [-0.15, -0.1) is 0 Å². The molecule has 112 valence electrons. The van der Waals surface area contributed by atoms with Gasteiger partial charge in [-0.25, -0.2) is 0 Å². The summed E-state index contributed by atoms with van der Waals surface area (Å²) in [5.41, 5.74) is 1.49. The molecule has 0 saturated carbocycles. The van der Waals surface area contributed by atoms with Crippen molar-refractivity contribution in [1.82, 2.24) is 9.80 Å². The molecule has 2 atom stereocenters. The number of likely N-dealkylation sites (N-methyl/N-ethyl adjacent to an activating group) is 1. The Balaban J connectivity index is 2.09. The summed E-state index contributed by atoms with van der Waals surface area (Å²) in [5.74, 6) is 5.50. The lowest BCUT2D eigenvalue weighted by Crippen LogP contribution is -2.56. The molecular weight excluding hydrogens is 264 g/mol. The maximum absolute atomic E-state index is 12.6. The molecule has 0 aromatic heterocycles. The predicted molar refractivity (Wildman–Crippen MR) is 83.0 cm³/mol. The quantitative estimate of drug-likeness (QED) is 0.789. The van der Waals surface area contributed by atoms with E-state index in [0.717, 1.165) is 18.7 Å². The van der Waals surface area contributed by atoms with Crippen LogP contribution in [0, 0.1) is 11.8 Å². The monoisotopic (exact) mass is 286 g/mol. The first-order valence-electron chi connectivity index (χ1n) is 7.24. The summed E-state index contributed by atoms with van der Waals surface area (Å²) < 4.78 is 0. The normalized spacial score (nSPS) is 22.6. The Morgan fingerprint density at radius 1 is 1.24 bits per heavy atom. The Labute approximate surface area is 126 Å². The van der Waals surface area contributed by atoms with Crippen molar-refractivity contribution in [3.8, 4) is 11.8 Å². The third-order valence-electron chi connectivity index (χ3n) is 4.09. The summed E-state index contributed by atoms with van der Waals surface area (Å²) in [6, 6.07) is 7.98. The first kappa shape index (κ1) is 15.6. The molecule has 0 bridgehead atoms. The zero-order chi connectivity index (χ0) is 15.4. The molecule has 1 aromatic carbocycles. The molecule has 1 fully saturated rings.